The van der Waals surface area contributed by atoms with Gasteiger partial charge in [0.05, 0.1) is 12.6 Å². The van der Waals surface area contributed by atoms with Gasteiger partial charge in [0.2, 0.25) is 11.8 Å². The number of halogens is 1. The minimum Gasteiger partial charge on any atom is -0.341 e. The summed E-state index contributed by atoms with van der Waals surface area (Å²) in [4.78, 5) is 31.6. The molecule has 0 bridgehead atoms. The highest BCUT2D eigenvalue weighted by atomic mass is 19.1. The quantitative estimate of drug-likeness (QED) is 0.799. The molecule has 2 aliphatic rings. The lowest BCUT2D eigenvalue weighted by atomic mass is 9.92. The average Bonchev–Trinajstić information content (AvgIpc) is 2.70. The number of piperazine rings is 1. The van der Waals surface area contributed by atoms with Crippen LogP contribution in [-0.4, -0.2) is 78.4 Å². The van der Waals surface area contributed by atoms with Crippen LogP contribution in [0.3, 0.4) is 0 Å². The number of rotatable bonds is 5. The summed E-state index contributed by atoms with van der Waals surface area (Å²) >= 11 is 0. The smallest absolute Gasteiger partial charge is 0.241 e. The van der Waals surface area contributed by atoms with Gasteiger partial charge in [-0.25, -0.2) is 4.39 Å². The Kier molecular flexibility index (Phi) is 7.47. The molecule has 2 fully saturated rings. The Balaban J connectivity index is 1.45. The Morgan fingerprint density at radius 1 is 1.13 bits per heavy atom. The number of anilines is 1. The van der Waals surface area contributed by atoms with Crippen LogP contribution in [-0.2, 0) is 9.59 Å². The number of benzene rings is 1. The zero-order valence-electron chi connectivity index (χ0n) is 18.7. The molecule has 6 nitrogen and oxygen atoms in total. The molecule has 1 aromatic carbocycles. The minimum atomic E-state index is -0.323. The van der Waals surface area contributed by atoms with Crippen LogP contribution in [0.15, 0.2) is 18.2 Å². The maximum Gasteiger partial charge on any atom is 0.241 e. The number of carbonyl (C=O) groups is 2. The second-order valence-corrected chi connectivity index (χ2v) is 9.19. The normalized spacial score (nSPS) is 24.5. The van der Waals surface area contributed by atoms with Crippen molar-refractivity contribution in [1.29, 1.82) is 0 Å². The standard InChI is InChI=1S/C23H35FN4O2/c1-16-11-17(2)14-28(13-16)22(29)15-26-7-9-27(10-8-26)19(4)23(30)25-20-6-5-18(3)21(24)12-20/h5-6,12,16-17,19H,7-11,13-15H2,1-4H3,(H,25,30)/t16-,17+,19-/m1/s1. The average molecular weight is 419 g/mol. The van der Waals surface area contributed by atoms with Crippen LogP contribution >= 0.6 is 0 Å². The molecule has 166 valence electrons. The van der Waals surface area contributed by atoms with Gasteiger partial charge >= 0.3 is 0 Å². The van der Waals surface area contributed by atoms with Crippen LogP contribution < -0.4 is 5.32 Å². The molecule has 7 heteroatoms. The van der Waals surface area contributed by atoms with E-state index in [0.717, 1.165) is 39.3 Å². The van der Waals surface area contributed by atoms with Gasteiger partial charge < -0.3 is 10.2 Å². The largest absolute Gasteiger partial charge is 0.341 e. The third-order valence-corrected chi connectivity index (χ3v) is 6.35. The van der Waals surface area contributed by atoms with Gasteiger partial charge in [-0.15, -0.1) is 0 Å². The van der Waals surface area contributed by atoms with Gasteiger partial charge in [-0.1, -0.05) is 19.9 Å². The van der Waals surface area contributed by atoms with E-state index in [1.165, 1.54) is 12.5 Å². The molecule has 0 saturated carbocycles. The number of amides is 2. The van der Waals surface area contributed by atoms with Gasteiger partial charge in [-0.3, -0.25) is 19.4 Å². The van der Waals surface area contributed by atoms with E-state index in [9.17, 15) is 14.0 Å². The van der Waals surface area contributed by atoms with E-state index < -0.39 is 0 Å². The van der Waals surface area contributed by atoms with Crippen molar-refractivity contribution in [2.75, 3.05) is 51.1 Å². The first-order chi connectivity index (χ1) is 14.2. The molecular weight excluding hydrogens is 383 g/mol. The molecule has 2 heterocycles. The first-order valence-corrected chi connectivity index (χ1v) is 11.0. The monoisotopic (exact) mass is 418 g/mol. The van der Waals surface area contributed by atoms with Crippen molar-refractivity contribution in [1.82, 2.24) is 14.7 Å². The van der Waals surface area contributed by atoms with E-state index in [1.807, 2.05) is 11.8 Å². The number of nitrogens with one attached hydrogen (secondary N) is 1. The van der Waals surface area contributed by atoms with Crippen LogP contribution in [0.25, 0.3) is 0 Å². The van der Waals surface area contributed by atoms with Crippen molar-refractivity contribution >= 4 is 17.5 Å². The first-order valence-electron chi connectivity index (χ1n) is 11.0. The molecule has 2 saturated heterocycles. The molecule has 30 heavy (non-hydrogen) atoms. The lowest BCUT2D eigenvalue weighted by Gasteiger charge is -2.39. The summed E-state index contributed by atoms with van der Waals surface area (Å²) in [5, 5.41) is 2.81. The minimum absolute atomic E-state index is 0.140. The molecule has 0 spiro atoms. The van der Waals surface area contributed by atoms with Crippen LogP contribution in [0.4, 0.5) is 10.1 Å². The highest BCUT2D eigenvalue weighted by Gasteiger charge is 2.29. The molecule has 0 aromatic heterocycles. The van der Waals surface area contributed by atoms with Crippen molar-refractivity contribution < 1.29 is 14.0 Å². The summed E-state index contributed by atoms with van der Waals surface area (Å²) in [6.07, 6.45) is 1.19. The van der Waals surface area contributed by atoms with Crippen LogP contribution in [0.2, 0.25) is 0 Å². The Morgan fingerprint density at radius 3 is 2.37 bits per heavy atom. The predicted octanol–water partition coefficient (Wildman–Crippen LogP) is 2.58. The van der Waals surface area contributed by atoms with Crippen molar-refractivity contribution in [2.45, 2.75) is 40.2 Å². The molecule has 1 N–H and O–H groups in total. The zero-order valence-corrected chi connectivity index (χ0v) is 18.7. The highest BCUT2D eigenvalue weighted by molar-refractivity contribution is 5.94. The number of hydrogen-bond donors (Lipinski definition) is 1. The van der Waals surface area contributed by atoms with Crippen molar-refractivity contribution in [3.63, 3.8) is 0 Å². The molecule has 3 rings (SSSR count). The topological polar surface area (TPSA) is 55.9 Å². The van der Waals surface area contributed by atoms with E-state index in [1.54, 1.807) is 19.1 Å². The lowest BCUT2D eigenvalue weighted by molar-refractivity contribution is -0.136. The molecule has 0 radical (unpaired) electrons. The van der Waals surface area contributed by atoms with Crippen LogP contribution in [0.1, 0.15) is 32.8 Å². The Hall–Kier alpha value is -1.99. The SMILES string of the molecule is Cc1ccc(NC(=O)[C@@H](C)N2CCN(CC(=O)N3C[C@H](C)C[C@H](C)C3)CC2)cc1F. The Labute approximate surface area is 179 Å². The number of nitrogens with zero attached hydrogens (tertiary/aromatic N) is 3. The summed E-state index contributed by atoms with van der Waals surface area (Å²) in [5.74, 6) is 0.885. The van der Waals surface area contributed by atoms with E-state index in [2.05, 4.69) is 29.0 Å². The molecule has 2 amide bonds. The lowest BCUT2D eigenvalue weighted by Crippen LogP contribution is -2.55. The van der Waals surface area contributed by atoms with Crippen molar-refractivity contribution in [3.8, 4) is 0 Å². The van der Waals surface area contributed by atoms with Crippen molar-refractivity contribution in [2.24, 2.45) is 11.8 Å². The van der Waals surface area contributed by atoms with Gasteiger partial charge in [-0.05, 0) is 49.8 Å². The molecule has 3 atom stereocenters. The van der Waals surface area contributed by atoms with E-state index in [-0.39, 0.29) is 23.7 Å². The highest BCUT2D eigenvalue weighted by Crippen LogP contribution is 2.21. The fourth-order valence-electron chi connectivity index (χ4n) is 4.55. The van der Waals surface area contributed by atoms with E-state index >= 15 is 0 Å². The van der Waals surface area contributed by atoms with Crippen LogP contribution in [0.5, 0.6) is 0 Å². The third-order valence-electron chi connectivity index (χ3n) is 6.35. The Bertz CT molecular complexity index is 754. The predicted molar refractivity (Wildman–Crippen MR) is 117 cm³/mol. The molecular formula is C23H35FN4O2. The molecule has 0 unspecified atom stereocenters. The molecule has 0 aliphatic carbocycles. The molecule has 1 aromatic rings. The summed E-state index contributed by atoms with van der Waals surface area (Å²) < 4.78 is 13.7. The van der Waals surface area contributed by atoms with Gasteiger partial charge in [0.25, 0.3) is 0 Å². The van der Waals surface area contributed by atoms with Gasteiger partial charge in [0.1, 0.15) is 5.82 Å². The van der Waals surface area contributed by atoms with E-state index in [0.29, 0.717) is 29.6 Å². The fraction of sp³-hybridized carbons (Fsp3) is 0.652. The van der Waals surface area contributed by atoms with Gasteiger partial charge in [0.15, 0.2) is 0 Å². The summed E-state index contributed by atoms with van der Waals surface area (Å²) in [6.45, 7) is 13.2. The zero-order chi connectivity index (χ0) is 21.8. The van der Waals surface area contributed by atoms with Crippen molar-refractivity contribution in [3.05, 3.63) is 29.6 Å². The summed E-state index contributed by atoms with van der Waals surface area (Å²) in [5.41, 5.74) is 1.03. The number of carbonyl (C=O) groups excluding carboxylic acids is 2. The second kappa shape index (κ2) is 9.88. The summed E-state index contributed by atoms with van der Waals surface area (Å²) in [7, 11) is 0. The van der Waals surface area contributed by atoms with Crippen LogP contribution in [0, 0.1) is 24.6 Å². The molecule has 2 aliphatic heterocycles. The number of likely N-dealkylation sites (tertiary alicyclic amines) is 1. The van der Waals surface area contributed by atoms with Gasteiger partial charge in [0, 0.05) is 45.0 Å². The number of piperidine rings is 1. The third kappa shape index (κ3) is 5.79. The maximum atomic E-state index is 13.7. The van der Waals surface area contributed by atoms with E-state index in [4.69, 9.17) is 0 Å². The fourth-order valence-corrected chi connectivity index (χ4v) is 4.55. The maximum absolute atomic E-state index is 13.7. The van der Waals surface area contributed by atoms with Gasteiger partial charge in [-0.2, -0.15) is 0 Å². The second-order valence-electron chi connectivity index (χ2n) is 9.19. The number of hydrogen-bond acceptors (Lipinski definition) is 4. The number of aryl methyl sites for hydroxylation is 1. The summed E-state index contributed by atoms with van der Waals surface area (Å²) in [6, 6.07) is 4.42. The first kappa shape index (κ1) is 22.7. The Morgan fingerprint density at radius 2 is 1.77 bits per heavy atom.